The molecule has 6 heteroatoms. The van der Waals surface area contributed by atoms with Crippen LogP contribution in [0.2, 0.25) is 0 Å². The average molecular weight is 316 g/mol. The zero-order valence-electron chi connectivity index (χ0n) is 13.2. The highest BCUT2D eigenvalue weighted by Gasteiger charge is 2.16. The van der Waals surface area contributed by atoms with Gasteiger partial charge in [-0.25, -0.2) is 9.18 Å². The van der Waals surface area contributed by atoms with Crippen LogP contribution < -0.4 is 0 Å². The van der Waals surface area contributed by atoms with Crippen molar-refractivity contribution in [3.63, 3.8) is 0 Å². The van der Waals surface area contributed by atoms with Crippen molar-refractivity contribution in [2.24, 2.45) is 0 Å². The molecule has 1 aromatic carbocycles. The van der Waals surface area contributed by atoms with Crippen molar-refractivity contribution < 1.29 is 18.3 Å². The number of ether oxygens (including phenoxy) is 1. The molecule has 0 unspecified atom stereocenters. The van der Waals surface area contributed by atoms with E-state index in [0.717, 1.165) is 0 Å². The zero-order valence-corrected chi connectivity index (χ0v) is 13.2. The number of methoxy groups -OCH3 is 1. The van der Waals surface area contributed by atoms with Crippen LogP contribution >= 0.6 is 0 Å². The van der Waals surface area contributed by atoms with E-state index in [9.17, 15) is 9.18 Å². The summed E-state index contributed by atoms with van der Waals surface area (Å²) in [6.45, 7) is 2.40. The SMILES string of the molecule is COC(=O)c1cc(CN(C)Cc2cc(C#N)ccc2F)oc1C. The maximum Gasteiger partial charge on any atom is 0.341 e. The number of halogens is 1. The molecule has 0 aliphatic heterocycles. The lowest BCUT2D eigenvalue weighted by Gasteiger charge is -2.15. The van der Waals surface area contributed by atoms with E-state index in [4.69, 9.17) is 9.68 Å². The van der Waals surface area contributed by atoms with Crippen molar-refractivity contribution in [1.82, 2.24) is 4.90 Å². The first-order chi connectivity index (χ1) is 10.9. The molecule has 0 saturated heterocycles. The lowest BCUT2D eigenvalue weighted by atomic mass is 10.1. The topological polar surface area (TPSA) is 66.5 Å². The third-order valence-electron chi connectivity index (χ3n) is 3.41. The molecule has 0 fully saturated rings. The Labute approximate surface area is 133 Å². The number of furan rings is 1. The van der Waals surface area contributed by atoms with E-state index >= 15 is 0 Å². The van der Waals surface area contributed by atoms with E-state index in [1.807, 2.05) is 11.0 Å². The Morgan fingerprint density at radius 2 is 2.13 bits per heavy atom. The third kappa shape index (κ3) is 3.96. The molecule has 0 saturated carbocycles. The predicted octanol–water partition coefficient (Wildman–Crippen LogP) is 3.02. The van der Waals surface area contributed by atoms with Gasteiger partial charge in [-0.3, -0.25) is 4.90 Å². The fourth-order valence-corrected chi connectivity index (χ4v) is 2.31. The predicted molar refractivity (Wildman–Crippen MR) is 81.1 cm³/mol. The molecule has 5 nitrogen and oxygen atoms in total. The number of hydrogen-bond donors (Lipinski definition) is 0. The van der Waals surface area contributed by atoms with Crippen molar-refractivity contribution in [2.45, 2.75) is 20.0 Å². The zero-order chi connectivity index (χ0) is 17.0. The first kappa shape index (κ1) is 16.7. The van der Waals surface area contributed by atoms with Gasteiger partial charge in [-0.2, -0.15) is 5.26 Å². The third-order valence-corrected chi connectivity index (χ3v) is 3.41. The second-order valence-corrected chi connectivity index (χ2v) is 5.26. The Hall–Kier alpha value is -2.65. The number of carbonyl (C=O) groups excluding carboxylic acids is 1. The lowest BCUT2D eigenvalue weighted by molar-refractivity contribution is 0.0599. The van der Waals surface area contributed by atoms with Crippen LogP contribution in [0.1, 0.15) is 33.0 Å². The van der Waals surface area contributed by atoms with Gasteiger partial charge < -0.3 is 9.15 Å². The second-order valence-electron chi connectivity index (χ2n) is 5.26. The minimum Gasteiger partial charge on any atom is -0.465 e. The highest BCUT2D eigenvalue weighted by Crippen LogP contribution is 2.18. The molecule has 120 valence electrons. The van der Waals surface area contributed by atoms with Crippen molar-refractivity contribution in [3.8, 4) is 6.07 Å². The van der Waals surface area contributed by atoms with Gasteiger partial charge in [0.1, 0.15) is 22.9 Å². The molecular formula is C17H17FN2O3. The molecule has 23 heavy (non-hydrogen) atoms. The van der Waals surface area contributed by atoms with Gasteiger partial charge in [0.15, 0.2) is 0 Å². The Kier molecular flexibility index (Phi) is 5.14. The van der Waals surface area contributed by atoms with Gasteiger partial charge in [0.25, 0.3) is 0 Å². The molecule has 0 atom stereocenters. The minimum atomic E-state index is -0.451. The molecule has 0 spiro atoms. The number of esters is 1. The van der Waals surface area contributed by atoms with E-state index < -0.39 is 5.97 Å². The van der Waals surface area contributed by atoms with Gasteiger partial charge in [0.05, 0.1) is 25.3 Å². The number of nitriles is 1. The van der Waals surface area contributed by atoms with Gasteiger partial charge in [-0.1, -0.05) is 0 Å². The van der Waals surface area contributed by atoms with Crippen LogP contribution in [0.4, 0.5) is 4.39 Å². The molecule has 2 aromatic rings. The number of rotatable bonds is 5. The van der Waals surface area contributed by atoms with Gasteiger partial charge in [-0.05, 0) is 38.2 Å². The minimum absolute atomic E-state index is 0.314. The number of benzene rings is 1. The molecular weight excluding hydrogens is 299 g/mol. The van der Waals surface area contributed by atoms with Gasteiger partial charge in [0.2, 0.25) is 0 Å². The monoisotopic (exact) mass is 316 g/mol. The summed E-state index contributed by atoms with van der Waals surface area (Å²) >= 11 is 0. The van der Waals surface area contributed by atoms with Gasteiger partial charge in [-0.15, -0.1) is 0 Å². The van der Waals surface area contributed by atoms with Gasteiger partial charge in [0, 0.05) is 12.1 Å². The average Bonchev–Trinajstić information content (AvgIpc) is 2.89. The maximum absolute atomic E-state index is 13.8. The summed E-state index contributed by atoms with van der Waals surface area (Å²) in [6, 6.07) is 7.87. The summed E-state index contributed by atoms with van der Waals surface area (Å²) in [5.74, 6) is 0.259. The molecule has 2 rings (SSSR count). The summed E-state index contributed by atoms with van der Waals surface area (Å²) < 4.78 is 24.0. The van der Waals surface area contributed by atoms with E-state index in [1.54, 1.807) is 20.0 Å². The summed E-state index contributed by atoms with van der Waals surface area (Å²) in [5, 5.41) is 8.89. The molecule has 0 aliphatic carbocycles. The summed E-state index contributed by atoms with van der Waals surface area (Å²) in [7, 11) is 3.11. The molecule has 0 amide bonds. The van der Waals surface area contributed by atoms with Crippen LogP contribution in [0.3, 0.4) is 0 Å². The largest absolute Gasteiger partial charge is 0.465 e. The van der Waals surface area contributed by atoms with Crippen LogP contribution in [-0.2, 0) is 17.8 Å². The van der Waals surface area contributed by atoms with Crippen LogP contribution in [0.15, 0.2) is 28.7 Å². The first-order valence-corrected chi connectivity index (χ1v) is 6.99. The molecule has 1 aromatic heterocycles. The quantitative estimate of drug-likeness (QED) is 0.793. The first-order valence-electron chi connectivity index (χ1n) is 6.99. The molecule has 0 aliphatic rings. The van der Waals surface area contributed by atoms with Crippen LogP contribution in [0.25, 0.3) is 0 Å². The Balaban J connectivity index is 2.10. The molecule has 0 N–H and O–H groups in total. The van der Waals surface area contributed by atoms with Gasteiger partial charge >= 0.3 is 5.97 Å². The lowest BCUT2D eigenvalue weighted by Crippen LogP contribution is -2.17. The van der Waals surface area contributed by atoms with Crippen molar-refractivity contribution in [3.05, 3.63) is 58.3 Å². The van der Waals surface area contributed by atoms with Crippen molar-refractivity contribution in [1.29, 1.82) is 5.26 Å². The maximum atomic E-state index is 13.8. The molecule has 0 radical (unpaired) electrons. The van der Waals surface area contributed by atoms with Crippen molar-refractivity contribution in [2.75, 3.05) is 14.2 Å². The van der Waals surface area contributed by atoms with Crippen LogP contribution in [0, 0.1) is 24.1 Å². The van der Waals surface area contributed by atoms with E-state index in [0.29, 0.717) is 41.3 Å². The normalized spacial score (nSPS) is 10.6. The van der Waals surface area contributed by atoms with Crippen molar-refractivity contribution >= 4 is 5.97 Å². The summed E-state index contributed by atoms with van der Waals surface area (Å²) in [5.41, 5.74) is 1.23. The smallest absolute Gasteiger partial charge is 0.341 e. The fraction of sp³-hybridized carbons (Fsp3) is 0.294. The second kappa shape index (κ2) is 7.07. The Morgan fingerprint density at radius 3 is 2.78 bits per heavy atom. The van der Waals surface area contributed by atoms with E-state index in [-0.39, 0.29) is 5.82 Å². The number of aryl methyl sites for hydroxylation is 1. The Bertz CT molecular complexity index is 762. The fourth-order valence-electron chi connectivity index (χ4n) is 2.31. The highest BCUT2D eigenvalue weighted by molar-refractivity contribution is 5.90. The Morgan fingerprint density at radius 1 is 1.39 bits per heavy atom. The summed E-state index contributed by atoms with van der Waals surface area (Å²) in [6.07, 6.45) is 0. The van der Waals surface area contributed by atoms with E-state index in [2.05, 4.69) is 4.74 Å². The van der Waals surface area contributed by atoms with Crippen LogP contribution in [-0.4, -0.2) is 25.0 Å². The molecule has 0 bridgehead atoms. The highest BCUT2D eigenvalue weighted by atomic mass is 19.1. The number of hydrogen-bond acceptors (Lipinski definition) is 5. The number of carbonyl (C=O) groups is 1. The van der Waals surface area contributed by atoms with Crippen LogP contribution in [0.5, 0.6) is 0 Å². The molecule has 1 heterocycles. The number of nitrogens with zero attached hydrogens (tertiary/aromatic N) is 2. The summed E-state index contributed by atoms with van der Waals surface area (Å²) in [4.78, 5) is 13.4. The standard InChI is InChI=1S/C17H17FN2O3/c1-11-15(17(21)22-3)7-14(23-11)10-20(2)9-13-6-12(8-19)4-5-16(13)18/h4-7H,9-10H2,1-3H3. The van der Waals surface area contributed by atoms with E-state index in [1.165, 1.54) is 25.3 Å².